The van der Waals surface area contributed by atoms with Crippen molar-refractivity contribution in [3.05, 3.63) is 46.9 Å². The Labute approximate surface area is 107 Å². The molecule has 2 heteroatoms. The third-order valence-electron chi connectivity index (χ3n) is 3.09. The minimum atomic E-state index is 0.221. The maximum atomic E-state index is 2.30. The summed E-state index contributed by atoms with van der Waals surface area (Å²) >= 11 is 4.14. The predicted molar refractivity (Wildman–Crippen MR) is 77.1 cm³/mol. The van der Waals surface area contributed by atoms with Gasteiger partial charge in [-0.15, -0.1) is 23.5 Å². The zero-order valence-electron chi connectivity index (χ0n) is 9.90. The molecule has 0 N–H and O–H groups in total. The number of thioether (sulfide) groups is 2. The lowest BCUT2D eigenvalue weighted by Crippen LogP contribution is -2.26. The van der Waals surface area contributed by atoms with Crippen molar-refractivity contribution in [3.63, 3.8) is 0 Å². The Balaban J connectivity index is 2.45. The third kappa shape index (κ3) is 2.05. The molecule has 1 aliphatic rings. The highest BCUT2D eigenvalue weighted by molar-refractivity contribution is 8.09. The fourth-order valence-electron chi connectivity index (χ4n) is 2.29. The van der Waals surface area contributed by atoms with E-state index in [0.717, 1.165) is 0 Å². The molecular weight excluding hydrogens is 232 g/mol. The van der Waals surface area contributed by atoms with Crippen LogP contribution in [0.25, 0.3) is 0 Å². The molecule has 0 saturated carbocycles. The Morgan fingerprint density at radius 3 is 2.62 bits per heavy atom. The number of benzene rings is 1. The van der Waals surface area contributed by atoms with E-state index in [1.807, 2.05) is 11.8 Å². The quantitative estimate of drug-likeness (QED) is 0.747. The summed E-state index contributed by atoms with van der Waals surface area (Å²) in [6.07, 6.45) is 3.47. The van der Waals surface area contributed by atoms with Gasteiger partial charge in [0.05, 0.1) is 4.75 Å². The summed E-state index contributed by atoms with van der Waals surface area (Å²) < 4.78 is 0.221. The van der Waals surface area contributed by atoms with Crippen LogP contribution >= 0.6 is 23.5 Å². The van der Waals surface area contributed by atoms with Crippen molar-refractivity contribution in [3.8, 4) is 0 Å². The largest absolute Gasteiger partial charge is 0.144 e. The summed E-state index contributed by atoms with van der Waals surface area (Å²) in [5.74, 6) is 2.50. The lowest BCUT2D eigenvalue weighted by Gasteiger charge is -2.38. The van der Waals surface area contributed by atoms with Crippen molar-refractivity contribution >= 4 is 23.5 Å². The summed E-state index contributed by atoms with van der Waals surface area (Å²) in [6.45, 7) is 4.47. The van der Waals surface area contributed by atoms with Gasteiger partial charge in [0.25, 0.3) is 0 Å². The van der Waals surface area contributed by atoms with Gasteiger partial charge in [-0.25, -0.2) is 0 Å². The highest BCUT2D eigenvalue weighted by Gasteiger charge is 2.37. The smallest absolute Gasteiger partial charge is 0.0709 e. The zero-order chi connectivity index (χ0) is 11.4. The summed E-state index contributed by atoms with van der Waals surface area (Å²) in [5, 5.41) is 0. The maximum Gasteiger partial charge on any atom is 0.0709 e. The van der Waals surface area contributed by atoms with Crippen molar-refractivity contribution < 1.29 is 0 Å². The molecule has 16 heavy (non-hydrogen) atoms. The molecule has 86 valence electrons. The van der Waals surface area contributed by atoms with Crippen molar-refractivity contribution in [2.75, 3.05) is 11.5 Å². The van der Waals surface area contributed by atoms with E-state index in [9.17, 15) is 0 Å². The van der Waals surface area contributed by atoms with E-state index < -0.39 is 0 Å². The van der Waals surface area contributed by atoms with E-state index in [2.05, 4.69) is 62.0 Å². The summed E-state index contributed by atoms with van der Waals surface area (Å²) in [7, 11) is 0. The van der Waals surface area contributed by atoms with E-state index in [-0.39, 0.29) is 4.75 Å². The molecule has 0 amide bonds. The van der Waals surface area contributed by atoms with E-state index in [0.29, 0.717) is 0 Å². The molecule has 0 nitrogen and oxygen atoms in total. The van der Waals surface area contributed by atoms with Gasteiger partial charge in [-0.05, 0) is 18.9 Å². The Morgan fingerprint density at radius 1 is 1.25 bits per heavy atom. The molecular formula is C14H18S2. The molecule has 1 saturated heterocycles. The van der Waals surface area contributed by atoms with Gasteiger partial charge in [0.15, 0.2) is 0 Å². The van der Waals surface area contributed by atoms with E-state index >= 15 is 0 Å². The van der Waals surface area contributed by atoms with Crippen LogP contribution in [0, 0.1) is 0 Å². The molecule has 1 aromatic rings. The summed E-state index contributed by atoms with van der Waals surface area (Å²) in [6, 6.07) is 10.9. The van der Waals surface area contributed by atoms with Gasteiger partial charge in [0, 0.05) is 16.4 Å². The van der Waals surface area contributed by atoms with Gasteiger partial charge in [0.2, 0.25) is 0 Å². The van der Waals surface area contributed by atoms with Crippen LogP contribution in [-0.2, 0) is 4.75 Å². The first kappa shape index (κ1) is 12.1. The number of hydrogen-bond donors (Lipinski definition) is 0. The lowest BCUT2D eigenvalue weighted by molar-refractivity contribution is 0.722. The molecule has 1 aliphatic heterocycles. The maximum absolute atomic E-state index is 2.30. The summed E-state index contributed by atoms with van der Waals surface area (Å²) in [5.41, 5.74) is 1.46. The Bertz CT molecular complexity index is 370. The SMILES string of the molecule is C/C=C1\SCCSC1(CC)c1ccccc1. The highest BCUT2D eigenvalue weighted by Crippen LogP contribution is 2.53. The minimum absolute atomic E-state index is 0.221. The first-order valence-corrected chi connectivity index (χ1v) is 7.79. The molecule has 1 unspecified atom stereocenters. The van der Waals surface area contributed by atoms with E-state index in [4.69, 9.17) is 0 Å². The molecule has 2 rings (SSSR count). The lowest BCUT2D eigenvalue weighted by atomic mass is 9.94. The van der Waals surface area contributed by atoms with Crippen LogP contribution in [0.15, 0.2) is 41.3 Å². The average Bonchev–Trinajstić information content (AvgIpc) is 2.39. The van der Waals surface area contributed by atoms with Gasteiger partial charge < -0.3 is 0 Å². The molecule has 0 aliphatic carbocycles. The molecule has 1 heterocycles. The second-order valence-corrected chi connectivity index (χ2v) is 6.43. The summed E-state index contributed by atoms with van der Waals surface area (Å²) in [4.78, 5) is 1.54. The van der Waals surface area contributed by atoms with Crippen LogP contribution < -0.4 is 0 Å². The third-order valence-corrected chi connectivity index (χ3v) is 6.42. The average molecular weight is 250 g/mol. The van der Waals surface area contributed by atoms with Gasteiger partial charge in [-0.2, -0.15) is 0 Å². The topological polar surface area (TPSA) is 0 Å². The number of allylic oxidation sites excluding steroid dienone is 1. The zero-order valence-corrected chi connectivity index (χ0v) is 11.5. The fraction of sp³-hybridized carbons (Fsp3) is 0.429. The fourth-order valence-corrected chi connectivity index (χ4v) is 5.30. The Morgan fingerprint density at radius 2 is 2.00 bits per heavy atom. The predicted octanol–water partition coefficient (Wildman–Crippen LogP) is 4.68. The number of hydrogen-bond acceptors (Lipinski definition) is 2. The van der Waals surface area contributed by atoms with Crippen LogP contribution in [0.4, 0.5) is 0 Å². The molecule has 0 spiro atoms. The second-order valence-electron chi connectivity index (χ2n) is 3.90. The van der Waals surface area contributed by atoms with Gasteiger partial charge >= 0.3 is 0 Å². The Kier molecular flexibility index (Phi) is 4.04. The first-order chi connectivity index (χ1) is 7.83. The molecule has 1 atom stereocenters. The van der Waals surface area contributed by atoms with Crippen LogP contribution in [-0.4, -0.2) is 11.5 Å². The van der Waals surface area contributed by atoms with Gasteiger partial charge in [-0.1, -0.05) is 43.3 Å². The highest BCUT2D eigenvalue weighted by atomic mass is 32.2. The van der Waals surface area contributed by atoms with E-state index in [1.165, 1.54) is 28.4 Å². The van der Waals surface area contributed by atoms with Crippen LogP contribution in [0.5, 0.6) is 0 Å². The van der Waals surface area contributed by atoms with Gasteiger partial charge in [-0.3, -0.25) is 0 Å². The Hall–Kier alpha value is -0.340. The standard InChI is InChI=1S/C14H18S2/c1-3-13-14(4-2,16-11-10-15-13)12-8-6-5-7-9-12/h3,5-9H,4,10-11H2,1-2H3/b13-3-. The second kappa shape index (κ2) is 5.33. The van der Waals surface area contributed by atoms with Crippen molar-refractivity contribution in [1.29, 1.82) is 0 Å². The van der Waals surface area contributed by atoms with Crippen LogP contribution in [0.3, 0.4) is 0 Å². The van der Waals surface area contributed by atoms with Crippen LogP contribution in [0.2, 0.25) is 0 Å². The molecule has 1 aromatic carbocycles. The molecule has 0 radical (unpaired) electrons. The monoisotopic (exact) mass is 250 g/mol. The number of rotatable bonds is 2. The van der Waals surface area contributed by atoms with Gasteiger partial charge in [0.1, 0.15) is 0 Å². The van der Waals surface area contributed by atoms with Crippen molar-refractivity contribution in [1.82, 2.24) is 0 Å². The minimum Gasteiger partial charge on any atom is -0.144 e. The molecule has 0 aromatic heterocycles. The molecule has 1 fully saturated rings. The van der Waals surface area contributed by atoms with Crippen LogP contribution in [0.1, 0.15) is 25.8 Å². The van der Waals surface area contributed by atoms with Crippen molar-refractivity contribution in [2.45, 2.75) is 25.0 Å². The normalized spacial score (nSPS) is 28.2. The van der Waals surface area contributed by atoms with Crippen molar-refractivity contribution in [2.24, 2.45) is 0 Å². The first-order valence-electron chi connectivity index (χ1n) is 5.82. The van der Waals surface area contributed by atoms with E-state index in [1.54, 1.807) is 0 Å². The molecule has 0 bridgehead atoms.